The topological polar surface area (TPSA) is 61.8 Å². The van der Waals surface area contributed by atoms with Crippen LogP contribution in [0.5, 0.6) is 0 Å². The molecule has 0 rings (SSSR count). The van der Waals surface area contributed by atoms with E-state index in [9.17, 15) is 9.59 Å². The maximum absolute atomic E-state index is 12.6. The molecule has 147 valence electrons. The van der Waals surface area contributed by atoms with Gasteiger partial charge in [-0.3, -0.25) is 9.59 Å². The molecule has 0 aromatic rings. The standard InChI is InChI=1S/C19H37O5Si/c1-5-9-10-11-12-13-14-15-16-18(21)19(17-20)25(22-6-2,23-7-3)24-8-4/h19H,5-16H2,1-4H3. The Balaban J connectivity index is 4.47. The molecule has 6 heteroatoms. The van der Waals surface area contributed by atoms with Crippen LogP contribution in [0.1, 0.15) is 85.5 Å². The molecule has 0 saturated carbocycles. The van der Waals surface area contributed by atoms with Gasteiger partial charge < -0.3 is 13.3 Å². The highest BCUT2D eigenvalue weighted by molar-refractivity contribution is 6.70. The van der Waals surface area contributed by atoms with Gasteiger partial charge in [-0.25, -0.2) is 0 Å². The van der Waals surface area contributed by atoms with E-state index >= 15 is 0 Å². The van der Waals surface area contributed by atoms with Crippen LogP contribution in [-0.2, 0) is 22.9 Å². The van der Waals surface area contributed by atoms with Gasteiger partial charge >= 0.3 is 8.80 Å². The molecule has 0 heterocycles. The number of ketones is 1. The lowest BCUT2D eigenvalue weighted by molar-refractivity contribution is -0.119. The van der Waals surface area contributed by atoms with Gasteiger partial charge in [-0.2, -0.15) is 0 Å². The highest BCUT2D eigenvalue weighted by atomic mass is 28.4. The van der Waals surface area contributed by atoms with Crippen LogP contribution in [0, 0.1) is 0 Å². The molecule has 0 spiro atoms. The average Bonchev–Trinajstić information content (AvgIpc) is 2.58. The van der Waals surface area contributed by atoms with Crippen LogP contribution in [0.2, 0.25) is 5.54 Å². The maximum atomic E-state index is 12.6. The molecule has 0 saturated heterocycles. The lowest BCUT2D eigenvalue weighted by Gasteiger charge is -2.31. The molecule has 0 aromatic carbocycles. The summed E-state index contributed by atoms with van der Waals surface area (Å²) in [4.78, 5) is 24.1. The normalized spacial score (nSPS) is 13.0. The van der Waals surface area contributed by atoms with Crippen molar-refractivity contribution in [1.29, 1.82) is 0 Å². The van der Waals surface area contributed by atoms with Crippen LogP contribution in [0.15, 0.2) is 0 Å². The number of Topliss-reactive ketones (excluding diaryl/α,β-unsaturated/α-hetero) is 1. The van der Waals surface area contributed by atoms with Gasteiger partial charge in [0.2, 0.25) is 6.29 Å². The average molecular weight is 374 g/mol. The van der Waals surface area contributed by atoms with Crippen molar-refractivity contribution in [1.82, 2.24) is 0 Å². The molecule has 1 radical (unpaired) electrons. The largest absolute Gasteiger partial charge is 0.520 e. The first-order valence-corrected chi connectivity index (χ1v) is 11.7. The van der Waals surface area contributed by atoms with Gasteiger partial charge in [0.25, 0.3) is 0 Å². The second-order valence-electron chi connectivity index (χ2n) is 6.14. The molecule has 0 aliphatic rings. The van der Waals surface area contributed by atoms with Crippen LogP contribution in [0.25, 0.3) is 0 Å². The van der Waals surface area contributed by atoms with Crippen molar-refractivity contribution in [2.75, 3.05) is 19.8 Å². The number of unbranched alkanes of at least 4 members (excludes halogenated alkanes) is 7. The van der Waals surface area contributed by atoms with Gasteiger partial charge in [0.1, 0.15) is 5.78 Å². The number of hydrogen-bond donors (Lipinski definition) is 0. The molecule has 5 nitrogen and oxygen atoms in total. The van der Waals surface area contributed by atoms with Crippen LogP contribution in [0.4, 0.5) is 0 Å². The molecule has 0 aromatic heterocycles. The first kappa shape index (κ1) is 24.4. The Bertz CT molecular complexity index is 332. The summed E-state index contributed by atoms with van der Waals surface area (Å²) in [5.74, 6) is -0.164. The van der Waals surface area contributed by atoms with Crippen LogP contribution in [0.3, 0.4) is 0 Å². The van der Waals surface area contributed by atoms with Crippen molar-refractivity contribution in [3.8, 4) is 0 Å². The van der Waals surface area contributed by atoms with Crippen LogP contribution < -0.4 is 0 Å². The Morgan fingerprint density at radius 1 is 0.800 bits per heavy atom. The zero-order valence-corrected chi connectivity index (χ0v) is 17.6. The minimum absolute atomic E-state index is 0.164. The fourth-order valence-corrected chi connectivity index (χ4v) is 5.53. The van der Waals surface area contributed by atoms with E-state index in [4.69, 9.17) is 13.3 Å². The smallest absolute Gasteiger partial charge is 0.373 e. The minimum Gasteiger partial charge on any atom is -0.373 e. The third-order valence-electron chi connectivity index (χ3n) is 4.11. The van der Waals surface area contributed by atoms with Crippen molar-refractivity contribution in [3.63, 3.8) is 0 Å². The summed E-state index contributed by atoms with van der Waals surface area (Å²) in [5.41, 5.74) is -1.03. The second-order valence-corrected chi connectivity index (χ2v) is 8.80. The number of hydrogen-bond acceptors (Lipinski definition) is 5. The molecule has 25 heavy (non-hydrogen) atoms. The van der Waals surface area contributed by atoms with Gasteiger partial charge in [-0.15, -0.1) is 0 Å². The number of carbonyl (C=O) groups excluding carboxylic acids is 2. The van der Waals surface area contributed by atoms with E-state index in [2.05, 4.69) is 6.92 Å². The first-order valence-electron chi connectivity index (χ1n) is 9.93. The molecule has 0 aliphatic carbocycles. The Labute approximate surface area is 155 Å². The number of rotatable bonds is 18. The highest BCUT2D eigenvalue weighted by Crippen LogP contribution is 2.27. The zero-order valence-electron chi connectivity index (χ0n) is 16.6. The summed E-state index contributed by atoms with van der Waals surface area (Å²) in [7, 11) is -3.35. The van der Waals surface area contributed by atoms with Crippen molar-refractivity contribution in [2.24, 2.45) is 0 Å². The van der Waals surface area contributed by atoms with E-state index in [1.807, 2.05) is 27.1 Å². The van der Waals surface area contributed by atoms with Crippen LogP contribution in [-0.4, -0.2) is 40.7 Å². The van der Waals surface area contributed by atoms with Crippen LogP contribution >= 0.6 is 0 Å². The Morgan fingerprint density at radius 2 is 1.24 bits per heavy atom. The summed E-state index contributed by atoms with van der Waals surface area (Å²) in [5, 5.41) is 0. The predicted molar refractivity (Wildman–Crippen MR) is 102 cm³/mol. The van der Waals surface area contributed by atoms with Crippen molar-refractivity contribution in [3.05, 3.63) is 0 Å². The quantitative estimate of drug-likeness (QED) is 0.199. The Morgan fingerprint density at radius 3 is 1.64 bits per heavy atom. The molecule has 1 atom stereocenters. The highest BCUT2D eigenvalue weighted by Gasteiger charge is 2.53. The van der Waals surface area contributed by atoms with E-state index in [0.29, 0.717) is 26.2 Å². The summed E-state index contributed by atoms with van der Waals surface area (Å²) in [6.07, 6.45) is 11.5. The van der Waals surface area contributed by atoms with Crippen molar-refractivity contribution >= 4 is 20.9 Å². The molecule has 0 aliphatic heterocycles. The third-order valence-corrected chi connectivity index (χ3v) is 7.33. The Hall–Kier alpha value is -0.563. The van der Waals surface area contributed by atoms with Gasteiger partial charge in [-0.05, 0) is 27.2 Å². The fraction of sp³-hybridized carbons (Fsp3) is 0.895. The SMILES string of the molecule is CCCCCCCCCCC(=O)C([C]=O)[Si](OCC)(OCC)OCC. The van der Waals surface area contributed by atoms with Gasteiger partial charge in [0, 0.05) is 26.2 Å². The zero-order chi connectivity index (χ0) is 19.0. The van der Waals surface area contributed by atoms with Gasteiger partial charge in [0.05, 0.1) is 0 Å². The summed E-state index contributed by atoms with van der Waals surface area (Å²) < 4.78 is 17.0. The molecule has 0 bridgehead atoms. The summed E-state index contributed by atoms with van der Waals surface area (Å²) in [6, 6.07) is 0. The summed E-state index contributed by atoms with van der Waals surface area (Å²) in [6.45, 7) is 8.67. The molecule has 1 unspecified atom stereocenters. The molecule has 0 N–H and O–H groups in total. The molecular formula is C19H37O5Si. The molecule has 0 amide bonds. The van der Waals surface area contributed by atoms with E-state index < -0.39 is 14.3 Å². The molecular weight excluding hydrogens is 336 g/mol. The Kier molecular flexibility index (Phi) is 15.3. The fourth-order valence-electron chi connectivity index (χ4n) is 2.89. The first-order chi connectivity index (χ1) is 12.1. The van der Waals surface area contributed by atoms with Gasteiger partial charge in [-0.1, -0.05) is 51.9 Å². The molecule has 0 fully saturated rings. The monoisotopic (exact) mass is 373 g/mol. The van der Waals surface area contributed by atoms with E-state index in [1.165, 1.54) is 32.1 Å². The third kappa shape index (κ3) is 9.63. The van der Waals surface area contributed by atoms with Gasteiger partial charge in [0.15, 0.2) is 5.54 Å². The van der Waals surface area contributed by atoms with Crippen molar-refractivity contribution < 1.29 is 22.9 Å². The summed E-state index contributed by atoms with van der Waals surface area (Å²) >= 11 is 0. The van der Waals surface area contributed by atoms with E-state index in [1.54, 1.807) is 0 Å². The van der Waals surface area contributed by atoms with E-state index in [0.717, 1.165) is 19.3 Å². The second kappa shape index (κ2) is 15.7. The minimum atomic E-state index is -3.35. The maximum Gasteiger partial charge on any atom is 0.520 e. The van der Waals surface area contributed by atoms with E-state index in [-0.39, 0.29) is 5.78 Å². The number of carbonyl (C=O) groups is 1. The van der Waals surface area contributed by atoms with Crippen molar-refractivity contribution in [2.45, 2.75) is 91.0 Å². The lowest BCUT2D eigenvalue weighted by Crippen LogP contribution is -2.53. The predicted octanol–water partition coefficient (Wildman–Crippen LogP) is 4.61. The lowest BCUT2D eigenvalue weighted by atomic mass is 10.1.